The smallest absolute Gasteiger partial charge is 0.355 e. The number of aryl methyl sites for hydroxylation is 3. The zero-order valence-electron chi connectivity index (χ0n) is 14.3. The Morgan fingerprint density at radius 1 is 1.16 bits per heavy atom. The van der Waals surface area contributed by atoms with Gasteiger partial charge in [0.05, 0.1) is 0 Å². The molecule has 1 aliphatic rings. The fourth-order valence-corrected chi connectivity index (χ4v) is 3.01. The van der Waals surface area contributed by atoms with E-state index in [1.807, 2.05) is 18.2 Å². The summed E-state index contributed by atoms with van der Waals surface area (Å²) in [6.07, 6.45) is 4.81. The molecule has 25 heavy (non-hydrogen) atoms. The van der Waals surface area contributed by atoms with Gasteiger partial charge in [-0.1, -0.05) is 6.07 Å². The van der Waals surface area contributed by atoms with Gasteiger partial charge < -0.3 is 14.6 Å². The van der Waals surface area contributed by atoms with Gasteiger partial charge in [-0.25, -0.2) is 4.79 Å². The second kappa shape index (κ2) is 6.93. The van der Waals surface area contributed by atoms with E-state index in [1.54, 1.807) is 13.2 Å². The highest BCUT2D eigenvalue weighted by Crippen LogP contribution is 2.24. The van der Waals surface area contributed by atoms with Crippen LogP contribution in [-0.4, -0.2) is 28.8 Å². The number of ketones is 1. The number of nitrogens with one attached hydrogen (secondary N) is 1. The number of amides is 1. The van der Waals surface area contributed by atoms with Gasteiger partial charge in [-0.05, 0) is 55.5 Å². The summed E-state index contributed by atoms with van der Waals surface area (Å²) in [5.41, 5.74) is 3.96. The first-order valence-electron chi connectivity index (χ1n) is 8.20. The number of ether oxygens (including phenoxy) is 1. The number of hydrogen-bond donors (Lipinski definition) is 1. The molecule has 6 heteroatoms. The number of anilines is 1. The molecule has 0 saturated carbocycles. The topological polar surface area (TPSA) is 77.4 Å². The molecule has 0 fully saturated rings. The van der Waals surface area contributed by atoms with Crippen LogP contribution in [0.4, 0.5) is 5.69 Å². The maximum Gasteiger partial charge on any atom is 0.355 e. The number of esters is 1. The summed E-state index contributed by atoms with van der Waals surface area (Å²) in [7, 11) is 1.65. The number of Topliss-reactive ketones (excluding diaryl/α,β-unsaturated/α-hetero) is 1. The molecule has 1 aromatic heterocycles. The molecule has 0 radical (unpaired) electrons. The van der Waals surface area contributed by atoms with Crippen LogP contribution >= 0.6 is 0 Å². The van der Waals surface area contributed by atoms with Gasteiger partial charge in [-0.15, -0.1) is 0 Å². The number of aromatic nitrogens is 1. The first kappa shape index (κ1) is 17.0. The van der Waals surface area contributed by atoms with E-state index in [4.69, 9.17) is 4.74 Å². The predicted octanol–water partition coefficient (Wildman–Crippen LogP) is 2.51. The molecule has 0 bridgehead atoms. The summed E-state index contributed by atoms with van der Waals surface area (Å²) in [5.74, 6) is -1.17. The molecular formula is C19H20N2O4. The number of benzene rings is 1. The second-order valence-corrected chi connectivity index (χ2v) is 6.24. The van der Waals surface area contributed by atoms with Gasteiger partial charge >= 0.3 is 5.97 Å². The molecule has 6 nitrogen and oxygen atoms in total. The standard InChI is InChI=1S/C19H20N2O4/c1-12(22)15-9-17(21(2)10-15)19(24)25-11-18(23)20-16-7-6-13-4-3-5-14(13)8-16/h6-10H,3-5,11H2,1-2H3,(H,20,23). The number of carbonyl (C=O) groups excluding carboxylic acids is 3. The highest BCUT2D eigenvalue weighted by atomic mass is 16.5. The zero-order valence-corrected chi connectivity index (χ0v) is 14.3. The summed E-state index contributed by atoms with van der Waals surface area (Å²) in [6.45, 7) is 1.05. The number of fused-ring (bicyclic) bond motifs is 1. The van der Waals surface area contributed by atoms with Crippen LogP contribution in [0.3, 0.4) is 0 Å². The molecule has 0 saturated heterocycles. The van der Waals surface area contributed by atoms with Crippen LogP contribution in [0.15, 0.2) is 30.5 Å². The molecule has 0 unspecified atom stereocenters. The molecule has 0 spiro atoms. The molecule has 1 aromatic carbocycles. The number of nitrogens with zero attached hydrogens (tertiary/aromatic N) is 1. The van der Waals surface area contributed by atoms with E-state index in [1.165, 1.54) is 28.7 Å². The highest BCUT2D eigenvalue weighted by Gasteiger charge is 2.17. The van der Waals surface area contributed by atoms with Crippen molar-refractivity contribution >= 4 is 23.3 Å². The molecule has 0 atom stereocenters. The quantitative estimate of drug-likeness (QED) is 0.670. The summed E-state index contributed by atoms with van der Waals surface area (Å²) in [6, 6.07) is 7.32. The van der Waals surface area contributed by atoms with Crippen molar-refractivity contribution in [2.45, 2.75) is 26.2 Å². The molecular weight excluding hydrogens is 320 g/mol. The molecule has 0 aliphatic heterocycles. The Morgan fingerprint density at radius 2 is 1.92 bits per heavy atom. The van der Waals surface area contributed by atoms with Crippen molar-refractivity contribution in [2.24, 2.45) is 7.05 Å². The maximum atomic E-state index is 12.1. The summed E-state index contributed by atoms with van der Waals surface area (Å²) in [4.78, 5) is 35.4. The molecule has 1 heterocycles. The summed E-state index contributed by atoms with van der Waals surface area (Å²) in [5, 5.41) is 2.74. The lowest BCUT2D eigenvalue weighted by Gasteiger charge is -2.08. The van der Waals surface area contributed by atoms with Crippen LogP contribution in [0.1, 0.15) is 45.3 Å². The van der Waals surface area contributed by atoms with E-state index in [9.17, 15) is 14.4 Å². The SMILES string of the molecule is CC(=O)c1cc(C(=O)OCC(=O)Nc2ccc3c(c2)CCC3)n(C)c1. The summed E-state index contributed by atoms with van der Waals surface area (Å²) < 4.78 is 6.56. The normalized spacial score (nSPS) is 12.6. The zero-order chi connectivity index (χ0) is 18.0. The first-order chi connectivity index (χ1) is 11.9. The van der Waals surface area contributed by atoms with E-state index in [0.29, 0.717) is 11.3 Å². The minimum atomic E-state index is -0.640. The van der Waals surface area contributed by atoms with E-state index in [0.717, 1.165) is 19.3 Å². The Labute approximate surface area is 145 Å². The highest BCUT2D eigenvalue weighted by molar-refractivity contribution is 5.99. The van der Waals surface area contributed by atoms with Gasteiger partial charge in [0.1, 0.15) is 5.69 Å². The second-order valence-electron chi connectivity index (χ2n) is 6.24. The van der Waals surface area contributed by atoms with E-state index in [-0.39, 0.29) is 18.1 Å². The molecule has 1 aliphatic carbocycles. The number of hydrogen-bond acceptors (Lipinski definition) is 4. The van der Waals surface area contributed by atoms with Crippen molar-refractivity contribution in [3.63, 3.8) is 0 Å². The molecule has 1 amide bonds. The average Bonchev–Trinajstić information content (AvgIpc) is 3.18. The third-order valence-corrected chi connectivity index (χ3v) is 4.34. The Morgan fingerprint density at radius 3 is 2.64 bits per heavy atom. The minimum Gasteiger partial charge on any atom is -0.451 e. The number of rotatable bonds is 5. The monoisotopic (exact) mass is 340 g/mol. The Balaban J connectivity index is 1.57. The fourth-order valence-electron chi connectivity index (χ4n) is 3.01. The van der Waals surface area contributed by atoms with Crippen LogP contribution in [0.25, 0.3) is 0 Å². The third kappa shape index (κ3) is 3.79. The number of carbonyl (C=O) groups is 3. The average molecular weight is 340 g/mol. The van der Waals surface area contributed by atoms with Crippen molar-refractivity contribution < 1.29 is 19.1 Å². The Hall–Kier alpha value is -2.89. The van der Waals surface area contributed by atoms with Crippen molar-refractivity contribution in [3.05, 3.63) is 52.8 Å². The Kier molecular flexibility index (Phi) is 4.70. The van der Waals surface area contributed by atoms with Crippen LogP contribution in [0, 0.1) is 0 Å². The molecule has 130 valence electrons. The third-order valence-electron chi connectivity index (χ3n) is 4.34. The largest absolute Gasteiger partial charge is 0.451 e. The summed E-state index contributed by atoms with van der Waals surface area (Å²) >= 11 is 0. The van der Waals surface area contributed by atoms with Crippen LogP contribution in [-0.2, 0) is 29.4 Å². The van der Waals surface area contributed by atoms with Crippen molar-refractivity contribution in [2.75, 3.05) is 11.9 Å². The molecule has 2 aromatic rings. The van der Waals surface area contributed by atoms with Gasteiger partial charge in [0, 0.05) is 24.5 Å². The predicted molar refractivity (Wildman–Crippen MR) is 92.8 cm³/mol. The lowest BCUT2D eigenvalue weighted by Crippen LogP contribution is -2.21. The van der Waals surface area contributed by atoms with Crippen LogP contribution in [0.5, 0.6) is 0 Å². The molecule has 1 N–H and O–H groups in total. The minimum absolute atomic E-state index is 0.135. The fraction of sp³-hybridized carbons (Fsp3) is 0.316. The van der Waals surface area contributed by atoms with Crippen molar-refractivity contribution in [1.29, 1.82) is 0 Å². The van der Waals surface area contributed by atoms with Gasteiger partial charge in [0.2, 0.25) is 0 Å². The van der Waals surface area contributed by atoms with E-state index >= 15 is 0 Å². The van der Waals surface area contributed by atoms with Gasteiger partial charge in [-0.3, -0.25) is 9.59 Å². The molecule has 3 rings (SSSR count). The lowest BCUT2D eigenvalue weighted by atomic mass is 10.1. The van der Waals surface area contributed by atoms with Gasteiger partial charge in [0.25, 0.3) is 5.91 Å². The van der Waals surface area contributed by atoms with Crippen molar-refractivity contribution in [1.82, 2.24) is 4.57 Å². The Bertz CT molecular complexity index is 851. The maximum absolute atomic E-state index is 12.1. The first-order valence-corrected chi connectivity index (χ1v) is 8.20. The van der Waals surface area contributed by atoms with E-state index < -0.39 is 11.9 Å². The van der Waals surface area contributed by atoms with Gasteiger partial charge in [-0.2, -0.15) is 0 Å². The van der Waals surface area contributed by atoms with E-state index in [2.05, 4.69) is 5.32 Å². The van der Waals surface area contributed by atoms with Gasteiger partial charge in [0.15, 0.2) is 12.4 Å². The van der Waals surface area contributed by atoms with Crippen molar-refractivity contribution in [3.8, 4) is 0 Å². The van der Waals surface area contributed by atoms with Crippen LogP contribution < -0.4 is 5.32 Å². The van der Waals surface area contributed by atoms with Crippen LogP contribution in [0.2, 0.25) is 0 Å². The lowest BCUT2D eigenvalue weighted by molar-refractivity contribution is -0.119.